The van der Waals surface area contributed by atoms with Crippen molar-refractivity contribution in [2.75, 3.05) is 13.2 Å². The Balaban J connectivity index is 2.65. The lowest BCUT2D eigenvalue weighted by Crippen LogP contribution is -2.49. The normalized spacial score (nSPS) is 24.4. The minimum absolute atomic E-state index is 0.0444. The van der Waals surface area contributed by atoms with E-state index in [1.807, 2.05) is 11.1 Å². The van der Waals surface area contributed by atoms with E-state index in [9.17, 15) is 10.2 Å². The Labute approximate surface area is 117 Å². The van der Waals surface area contributed by atoms with E-state index in [-0.39, 0.29) is 12.6 Å². The molecule has 0 aromatic rings. The molecule has 0 aliphatic carbocycles. The second kappa shape index (κ2) is 7.98. The van der Waals surface area contributed by atoms with E-state index >= 15 is 0 Å². The summed E-state index contributed by atoms with van der Waals surface area (Å²) < 4.78 is 0. The highest BCUT2D eigenvalue weighted by atomic mass is 16.3. The SMILES string of the molecule is CCCC(C=NC(C)(O)N1CCCC1CO)CCC. The van der Waals surface area contributed by atoms with Gasteiger partial charge in [0.1, 0.15) is 0 Å². The van der Waals surface area contributed by atoms with Crippen molar-refractivity contribution in [3.8, 4) is 0 Å². The minimum Gasteiger partial charge on any atom is -0.395 e. The van der Waals surface area contributed by atoms with Crippen LogP contribution in [0.2, 0.25) is 0 Å². The molecule has 2 unspecified atom stereocenters. The number of hydrogen-bond donors (Lipinski definition) is 2. The summed E-state index contributed by atoms with van der Waals surface area (Å²) in [5.74, 6) is -0.722. The molecular weight excluding hydrogens is 240 g/mol. The van der Waals surface area contributed by atoms with Crippen LogP contribution in [0.1, 0.15) is 59.3 Å². The Morgan fingerprint density at radius 1 is 1.37 bits per heavy atom. The van der Waals surface area contributed by atoms with Crippen LogP contribution in [0.25, 0.3) is 0 Å². The number of nitrogens with zero attached hydrogens (tertiary/aromatic N) is 2. The average Bonchev–Trinajstić information content (AvgIpc) is 2.86. The molecule has 0 bridgehead atoms. The third-order valence-corrected chi connectivity index (χ3v) is 3.98. The minimum atomic E-state index is -1.18. The first-order valence-electron chi connectivity index (χ1n) is 7.70. The molecule has 4 heteroatoms. The van der Waals surface area contributed by atoms with E-state index in [1.54, 1.807) is 6.92 Å². The molecule has 1 aliphatic rings. The number of aliphatic imine (C=N–C) groups is 1. The van der Waals surface area contributed by atoms with Crippen molar-refractivity contribution < 1.29 is 10.2 Å². The zero-order valence-electron chi connectivity index (χ0n) is 12.7. The van der Waals surface area contributed by atoms with Crippen LogP contribution in [-0.2, 0) is 0 Å². The van der Waals surface area contributed by atoms with Gasteiger partial charge in [-0.1, -0.05) is 26.7 Å². The topological polar surface area (TPSA) is 56.1 Å². The number of hydrogen-bond acceptors (Lipinski definition) is 4. The molecule has 0 aromatic carbocycles. The number of aliphatic hydroxyl groups excluding tert-OH is 1. The van der Waals surface area contributed by atoms with Gasteiger partial charge in [-0.3, -0.25) is 4.90 Å². The zero-order chi connectivity index (χ0) is 14.3. The summed E-state index contributed by atoms with van der Waals surface area (Å²) in [5, 5.41) is 19.9. The highest BCUT2D eigenvalue weighted by Gasteiger charge is 2.36. The largest absolute Gasteiger partial charge is 0.395 e. The molecule has 19 heavy (non-hydrogen) atoms. The highest BCUT2D eigenvalue weighted by Crippen LogP contribution is 2.26. The Morgan fingerprint density at radius 2 is 2.00 bits per heavy atom. The van der Waals surface area contributed by atoms with Crippen molar-refractivity contribution in [1.82, 2.24) is 4.90 Å². The van der Waals surface area contributed by atoms with Crippen LogP contribution in [0.3, 0.4) is 0 Å². The van der Waals surface area contributed by atoms with Gasteiger partial charge in [0.2, 0.25) is 5.85 Å². The van der Waals surface area contributed by atoms with Crippen molar-refractivity contribution in [3.05, 3.63) is 0 Å². The maximum Gasteiger partial charge on any atom is 0.212 e. The molecular formula is C15H30N2O2. The van der Waals surface area contributed by atoms with Crippen LogP contribution in [0.5, 0.6) is 0 Å². The van der Waals surface area contributed by atoms with Gasteiger partial charge >= 0.3 is 0 Å². The van der Waals surface area contributed by atoms with E-state index in [0.29, 0.717) is 5.92 Å². The summed E-state index contributed by atoms with van der Waals surface area (Å²) in [4.78, 5) is 6.33. The summed E-state index contributed by atoms with van der Waals surface area (Å²) in [7, 11) is 0. The van der Waals surface area contributed by atoms with Crippen LogP contribution < -0.4 is 0 Å². The molecule has 0 amide bonds. The monoisotopic (exact) mass is 270 g/mol. The smallest absolute Gasteiger partial charge is 0.212 e. The zero-order valence-corrected chi connectivity index (χ0v) is 12.7. The molecule has 1 fully saturated rings. The van der Waals surface area contributed by atoms with Crippen molar-refractivity contribution in [1.29, 1.82) is 0 Å². The van der Waals surface area contributed by atoms with E-state index in [2.05, 4.69) is 18.8 Å². The second-order valence-electron chi connectivity index (χ2n) is 5.76. The number of aliphatic hydroxyl groups is 2. The lowest BCUT2D eigenvalue weighted by molar-refractivity contribution is -0.100. The fraction of sp³-hybridized carbons (Fsp3) is 0.933. The van der Waals surface area contributed by atoms with E-state index in [1.165, 1.54) is 0 Å². The molecule has 0 spiro atoms. The van der Waals surface area contributed by atoms with Gasteiger partial charge in [0.05, 0.1) is 6.61 Å². The van der Waals surface area contributed by atoms with Gasteiger partial charge in [0, 0.05) is 25.7 Å². The maximum absolute atomic E-state index is 10.5. The van der Waals surface area contributed by atoms with Crippen LogP contribution in [0.4, 0.5) is 0 Å². The van der Waals surface area contributed by atoms with Crippen molar-refractivity contribution >= 4 is 6.21 Å². The van der Waals surface area contributed by atoms with Gasteiger partial charge in [0.25, 0.3) is 0 Å². The summed E-state index contributed by atoms with van der Waals surface area (Å²) in [6, 6.07) is 0.0444. The molecule has 1 rings (SSSR count). The summed E-state index contributed by atoms with van der Waals surface area (Å²) in [6.07, 6.45) is 8.41. The van der Waals surface area contributed by atoms with Crippen LogP contribution in [0.15, 0.2) is 4.99 Å². The van der Waals surface area contributed by atoms with Crippen molar-refractivity contribution in [3.63, 3.8) is 0 Å². The molecule has 2 atom stereocenters. The summed E-state index contributed by atoms with van der Waals surface area (Å²) >= 11 is 0. The number of rotatable bonds is 8. The first kappa shape index (κ1) is 16.6. The predicted octanol–water partition coefficient (Wildman–Crippen LogP) is 2.40. The van der Waals surface area contributed by atoms with Gasteiger partial charge in [-0.25, -0.2) is 4.99 Å². The average molecular weight is 270 g/mol. The first-order valence-corrected chi connectivity index (χ1v) is 7.70. The molecule has 2 N–H and O–H groups in total. The van der Waals surface area contributed by atoms with Crippen molar-refractivity contribution in [2.24, 2.45) is 10.9 Å². The molecule has 112 valence electrons. The van der Waals surface area contributed by atoms with Crippen molar-refractivity contribution in [2.45, 2.75) is 71.2 Å². The Bertz CT molecular complexity index is 273. The Hall–Kier alpha value is -0.450. The number of likely N-dealkylation sites (tertiary alicyclic amines) is 1. The van der Waals surface area contributed by atoms with Gasteiger partial charge in [0.15, 0.2) is 0 Å². The quantitative estimate of drug-likeness (QED) is 0.666. The Morgan fingerprint density at radius 3 is 2.53 bits per heavy atom. The highest BCUT2D eigenvalue weighted by molar-refractivity contribution is 5.61. The third kappa shape index (κ3) is 4.86. The lowest BCUT2D eigenvalue weighted by atomic mass is 10.00. The van der Waals surface area contributed by atoms with Crippen LogP contribution in [-0.4, -0.2) is 46.4 Å². The third-order valence-electron chi connectivity index (χ3n) is 3.98. The second-order valence-corrected chi connectivity index (χ2v) is 5.76. The summed E-state index contributed by atoms with van der Waals surface area (Å²) in [5.41, 5.74) is 0. The fourth-order valence-corrected chi connectivity index (χ4v) is 2.94. The lowest BCUT2D eigenvalue weighted by Gasteiger charge is -2.34. The summed E-state index contributed by atoms with van der Waals surface area (Å²) in [6.45, 7) is 6.99. The molecule has 0 saturated carbocycles. The standard InChI is InChI=1S/C15H30N2O2/c1-4-7-13(8-5-2)11-16-15(3,19)17-10-6-9-14(17)12-18/h11,13-14,18-19H,4-10,12H2,1-3H3. The van der Waals surface area contributed by atoms with E-state index in [4.69, 9.17) is 0 Å². The predicted molar refractivity (Wildman–Crippen MR) is 79.2 cm³/mol. The maximum atomic E-state index is 10.5. The Kier molecular flexibility index (Phi) is 6.97. The molecule has 1 heterocycles. The first-order chi connectivity index (χ1) is 9.05. The van der Waals surface area contributed by atoms with Gasteiger partial charge in [-0.05, 0) is 31.6 Å². The van der Waals surface area contributed by atoms with Gasteiger partial charge < -0.3 is 10.2 Å². The van der Waals surface area contributed by atoms with Gasteiger partial charge in [-0.2, -0.15) is 0 Å². The molecule has 0 aromatic heterocycles. The van der Waals surface area contributed by atoms with E-state index < -0.39 is 5.85 Å². The fourth-order valence-electron chi connectivity index (χ4n) is 2.94. The molecule has 4 nitrogen and oxygen atoms in total. The molecule has 1 aliphatic heterocycles. The molecule has 0 radical (unpaired) electrons. The van der Waals surface area contributed by atoms with Crippen LogP contribution >= 0.6 is 0 Å². The van der Waals surface area contributed by atoms with Gasteiger partial charge in [-0.15, -0.1) is 0 Å². The van der Waals surface area contributed by atoms with E-state index in [0.717, 1.165) is 45.1 Å². The molecule has 1 saturated heterocycles. The van der Waals surface area contributed by atoms with Crippen LogP contribution in [0, 0.1) is 5.92 Å².